The predicted octanol–water partition coefficient (Wildman–Crippen LogP) is 6.26. The molecule has 0 fully saturated rings. The van der Waals surface area contributed by atoms with Crippen LogP contribution < -0.4 is 0 Å². The number of fused-ring (bicyclic) bond motifs is 1. The summed E-state index contributed by atoms with van der Waals surface area (Å²) in [6.07, 6.45) is 0.339. The fourth-order valence-corrected chi connectivity index (χ4v) is 2.89. The van der Waals surface area contributed by atoms with E-state index in [2.05, 4.69) is 11.9 Å². The highest BCUT2D eigenvalue weighted by molar-refractivity contribution is 5.96. The van der Waals surface area contributed by atoms with Crippen molar-refractivity contribution in [2.45, 2.75) is 32.4 Å². The molecule has 24 heavy (non-hydrogen) atoms. The summed E-state index contributed by atoms with van der Waals surface area (Å²) in [5.41, 5.74) is 2.03. The standard InChI is InChI=1S/C20H18F3N/c1-2-3-5-14-8-10-15(11-9-14)19-17-6-4-7-18(20(21,22)23)16(17)12-13-24-19/h4,6-13H,2-3,5H2,1H3. The number of pyridine rings is 1. The lowest BCUT2D eigenvalue weighted by Gasteiger charge is -2.12. The fraction of sp³-hybridized carbons (Fsp3) is 0.250. The van der Waals surface area contributed by atoms with Gasteiger partial charge in [0.25, 0.3) is 0 Å². The van der Waals surface area contributed by atoms with Gasteiger partial charge >= 0.3 is 6.18 Å². The summed E-state index contributed by atoms with van der Waals surface area (Å²) < 4.78 is 39.6. The summed E-state index contributed by atoms with van der Waals surface area (Å²) in [5, 5.41) is 0.707. The highest BCUT2D eigenvalue weighted by Gasteiger charge is 2.32. The van der Waals surface area contributed by atoms with E-state index in [9.17, 15) is 13.2 Å². The number of unbranched alkanes of at least 4 members (excludes halogenated alkanes) is 1. The molecule has 0 amide bonds. The molecule has 0 radical (unpaired) electrons. The molecule has 3 aromatic rings. The van der Waals surface area contributed by atoms with Gasteiger partial charge in [-0.05, 0) is 35.9 Å². The van der Waals surface area contributed by atoms with Gasteiger partial charge < -0.3 is 0 Å². The molecule has 0 spiro atoms. The van der Waals surface area contributed by atoms with Gasteiger partial charge in [-0.2, -0.15) is 13.2 Å². The van der Waals surface area contributed by atoms with E-state index in [-0.39, 0.29) is 5.39 Å². The highest BCUT2D eigenvalue weighted by atomic mass is 19.4. The third-order valence-electron chi connectivity index (χ3n) is 4.16. The summed E-state index contributed by atoms with van der Waals surface area (Å²) in [6.45, 7) is 2.15. The average molecular weight is 329 g/mol. The molecule has 1 heterocycles. The summed E-state index contributed by atoms with van der Waals surface area (Å²) in [4.78, 5) is 4.32. The Kier molecular flexibility index (Phi) is 4.56. The molecule has 4 heteroatoms. The van der Waals surface area contributed by atoms with Crippen LogP contribution in [0.4, 0.5) is 13.2 Å². The third-order valence-corrected chi connectivity index (χ3v) is 4.16. The van der Waals surface area contributed by atoms with E-state index in [0.29, 0.717) is 11.1 Å². The molecule has 0 unspecified atom stereocenters. The predicted molar refractivity (Wildman–Crippen MR) is 90.8 cm³/mol. The van der Waals surface area contributed by atoms with Gasteiger partial charge in [0.15, 0.2) is 0 Å². The molecule has 0 N–H and O–H groups in total. The Morgan fingerprint density at radius 3 is 2.33 bits per heavy atom. The van der Waals surface area contributed by atoms with Gasteiger partial charge in [0.1, 0.15) is 0 Å². The van der Waals surface area contributed by atoms with E-state index in [0.717, 1.165) is 30.9 Å². The molecule has 0 bridgehead atoms. The lowest BCUT2D eigenvalue weighted by Crippen LogP contribution is -2.05. The maximum atomic E-state index is 13.2. The molecule has 0 aliphatic heterocycles. The number of benzene rings is 2. The number of aromatic nitrogens is 1. The normalized spacial score (nSPS) is 11.8. The van der Waals surface area contributed by atoms with Crippen LogP contribution in [0.1, 0.15) is 30.9 Å². The lowest BCUT2D eigenvalue weighted by molar-refractivity contribution is -0.136. The minimum Gasteiger partial charge on any atom is -0.256 e. The van der Waals surface area contributed by atoms with Gasteiger partial charge in [-0.1, -0.05) is 49.7 Å². The number of aryl methyl sites for hydroxylation is 1. The first kappa shape index (κ1) is 16.5. The minimum atomic E-state index is -4.37. The van der Waals surface area contributed by atoms with Crippen molar-refractivity contribution >= 4 is 10.8 Å². The second-order valence-electron chi connectivity index (χ2n) is 5.86. The zero-order chi connectivity index (χ0) is 17.2. The first-order valence-electron chi connectivity index (χ1n) is 8.05. The molecule has 2 aromatic carbocycles. The Balaban J connectivity index is 2.07. The van der Waals surface area contributed by atoms with Crippen molar-refractivity contribution in [3.05, 3.63) is 65.9 Å². The van der Waals surface area contributed by atoms with Crippen LogP contribution in [0.2, 0.25) is 0 Å². The third kappa shape index (κ3) is 3.28. The van der Waals surface area contributed by atoms with E-state index in [1.165, 1.54) is 23.9 Å². The molecule has 0 aliphatic rings. The Labute approximate surface area is 139 Å². The maximum absolute atomic E-state index is 13.2. The van der Waals surface area contributed by atoms with Crippen LogP contribution in [0.3, 0.4) is 0 Å². The SMILES string of the molecule is CCCCc1ccc(-c2nccc3c(C(F)(F)F)cccc23)cc1. The van der Waals surface area contributed by atoms with Gasteiger partial charge in [-0.3, -0.25) is 4.98 Å². The quantitative estimate of drug-likeness (QED) is 0.550. The zero-order valence-corrected chi connectivity index (χ0v) is 13.4. The van der Waals surface area contributed by atoms with Crippen molar-refractivity contribution in [1.82, 2.24) is 4.98 Å². The molecule has 0 atom stereocenters. The lowest BCUT2D eigenvalue weighted by atomic mass is 9.99. The van der Waals surface area contributed by atoms with Crippen LogP contribution in [0.15, 0.2) is 54.7 Å². The van der Waals surface area contributed by atoms with Crippen LogP contribution in [0.25, 0.3) is 22.0 Å². The van der Waals surface area contributed by atoms with E-state index >= 15 is 0 Å². The first-order chi connectivity index (χ1) is 11.5. The molecular weight excluding hydrogens is 311 g/mol. The van der Waals surface area contributed by atoms with Crippen molar-refractivity contribution in [2.24, 2.45) is 0 Å². The monoisotopic (exact) mass is 329 g/mol. The van der Waals surface area contributed by atoms with Crippen molar-refractivity contribution < 1.29 is 13.2 Å². The van der Waals surface area contributed by atoms with Crippen LogP contribution in [0.5, 0.6) is 0 Å². The molecule has 0 saturated carbocycles. The van der Waals surface area contributed by atoms with Crippen LogP contribution in [-0.4, -0.2) is 4.98 Å². The van der Waals surface area contributed by atoms with Crippen LogP contribution >= 0.6 is 0 Å². The zero-order valence-electron chi connectivity index (χ0n) is 13.4. The van der Waals surface area contributed by atoms with Gasteiger partial charge in [0.05, 0.1) is 11.3 Å². The second kappa shape index (κ2) is 6.63. The molecule has 1 aromatic heterocycles. The van der Waals surface area contributed by atoms with Crippen molar-refractivity contribution in [3.63, 3.8) is 0 Å². The van der Waals surface area contributed by atoms with Crippen molar-refractivity contribution in [3.8, 4) is 11.3 Å². The average Bonchev–Trinajstić information content (AvgIpc) is 2.58. The second-order valence-corrected chi connectivity index (χ2v) is 5.86. The molecule has 0 saturated heterocycles. The van der Waals surface area contributed by atoms with E-state index in [4.69, 9.17) is 0 Å². The van der Waals surface area contributed by atoms with Gasteiger partial charge in [0.2, 0.25) is 0 Å². The molecule has 1 nitrogen and oxygen atoms in total. The molecular formula is C20H18F3N. The Bertz CT molecular complexity index is 836. The van der Waals surface area contributed by atoms with Crippen molar-refractivity contribution in [1.29, 1.82) is 0 Å². The molecule has 0 aliphatic carbocycles. The Morgan fingerprint density at radius 2 is 1.67 bits per heavy atom. The largest absolute Gasteiger partial charge is 0.417 e. The van der Waals surface area contributed by atoms with E-state index in [1.807, 2.05) is 24.3 Å². The van der Waals surface area contributed by atoms with Crippen molar-refractivity contribution in [2.75, 3.05) is 0 Å². The molecule has 3 rings (SSSR count). The number of halogens is 3. The van der Waals surface area contributed by atoms with Gasteiger partial charge in [-0.25, -0.2) is 0 Å². The number of nitrogens with zero attached hydrogens (tertiary/aromatic N) is 1. The number of hydrogen-bond donors (Lipinski definition) is 0. The maximum Gasteiger partial charge on any atom is 0.417 e. The smallest absolute Gasteiger partial charge is 0.256 e. The summed E-state index contributed by atoms with van der Waals surface area (Å²) in [6, 6.07) is 13.6. The number of hydrogen-bond acceptors (Lipinski definition) is 1. The minimum absolute atomic E-state index is 0.185. The Morgan fingerprint density at radius 1 is 0.917 bits per heavy atom. The Hall–Kier alpha value is -2.36. The topological polar surface area (TPSA) is 12.9 Å². The summed E-state index contributed by atoms with van der Waals surface area (Å²) >= 11 is 0. The molecule has 124 valence electrons. The number of alkyl halides is 3. The van der Waals surface area contributed by atoms with E-state index in [1.54, 1.807) is 6.07 Å². The summed E-state index contributed by atoms with van der Waals surface area (Å²) in [5.74, 6) is 0. The fourth-order valence-electron chi connectivity index (χ4n) is 2.89. The van der Waals surface area contributed by atoms with Gasteiger partial charge in [0, 0.05) is 17.1 Å². The first-order valence-corrected chi connectivity index (χ1v) is 8.05. The van der Waals surface area contributed by atoms with Crippen LogP contribution in [0, 0.1) is 0 Å². The highest BCUT2D eigenvalue weighted by Crippen LogP contribution is 2.37. The van der Waals surface area contributed by atoms with E-state index < -0.39 is 11.7 Å². The number of rotatable bonds is 4. The van der Waals surface area contributed by atoms with Gasteiger partial charge in [-0.15, -0.1) is 0 Å². The summed E-state index contributed by atoms with van der Waals surface area (Å²) in [7, 11) is 0. The van der Waals surface area contributed by atoms with Crippen LogP contribution in [-0.2, 0) is 12.6 Å².